The lowest BCUT2D eigenvalue weighted by Crippen LogP contribution is -1.91. The van der Waals surface area contributed by atoms with E-state index in [0.29, 0.717) is 16.8 Å². The molecule has 0 saturated heterocycles. The maximum atomic E-state index is 13.2. The van der Waals surface area contributed by atoms with Gasteiger partial charge in [0.25, 0.3) is 0 Å². The van der Waals surface area contributed by atoms with E-state index in [0.717, 1.165) is 6.07 Å². The first-order chi connectivity index (χ1) is 7.58. The summed E-state index contributed by atoms with van der Waals surface area (Å²) in [6.07, 6.45) is 0. The van der Waals surface area contributed by atoms with Crippen molar-refractivity contribution in [2.24, 2.45) is 0 Å². The summed E-state index contributed by atoms with van der Waals surface area (Å²) < 4.78 is 26.1. The molecule has 2 aromatic rings. The van der Waals surface area contributed by atoms with Gasteiger partial charge in [-0.2, -0.15) is 4.39 Å². The summed E-state index contributed by atoms with van der Waals surface area (Å²) in [5.74, 6) is -1.78. The van der Waals surface area contributed by atoms with E-state index in [1.807, 2.05) is 0 Å². The second-order valence-electron chi connectivity index (χ2n) is 3.46. The Morgan fingerprint density at radius 3 is 2.62 bits per heavy atom. The smallest absolute Gasteiger partial charge is 0.213 e. The van der Waals surface area contributed by atoms with Crippen molar-refractivity contribution in [1.29, 1.82) is 0 Å². The average molecular weight is 221 g/mol. The lowest BCUT2D eigenvalue weighted by atomic mass is 10.0. The number of halogens is 2. The highest BCUT2D eigenvalue weighted by atomic mass is 19.1. The number of rotatable bonds is 1. The number of phenolic OH excluding ortho intramolecular Hbond substituents is 1. The van der Waals surface area contributed by atoms with Crippen LogP contribution in [0.25, 0.3) is 11.3 Å². The van der Waals surface area contributed by atoms with Crippen LogP contribution in [-0.2, 0) is 0 Å². The van der Waals surface area contributed by atoms with Gasteiger partial charge in [-0.25, -0.2) is 9.37 Å². The van der Waals surface area contributed by atoms with E-state index in [1.54, 1.807) is 13.0 Å². The van der Waals surface area contributed by atoms with Gasteiger partial charge in [0, 0.05) is 5.56 Å². The van der Waals surface area contributed by atoms with Crippen LogP contribution in [0.1, 0.15) is 5.56 Å². The van der Waals surface area contributed by atoms with E-state index in [2.05, 4.69) is 4.98 Å². The molecule has 82 valence electrons. The molecular weight excluding hydrogens is 212 g/mol. The quantitative estimate of drug-likeness (QED) is 0.751. The topological polar surface area (TPSA) is 33.1 Å². The van der Waals surface area contributed by atoms with Gasteiger partial charge in [0.05, 0.1) is 5.69 Å². The maximum absolute atomic E-state index is 13.2. The highest BCUT2D eigenvalue weighted by Gasteiger charge is 2.09. The number of hydrogen-bond acceptors (Lipinski definition) is 2. The predicted octanol–water partition coefficient (Wildman–Crippen LogP) is 3.04. The normalized spacial score (nSPS) is 10.4. The first-order valence-corrected chi connectivity index (χ1v) is 4.70. The zero-order valence-corrected chi connectivity index (χ0v) is 8.54. The zero-order valence-electron chi connectivity index (χ0n) is 8.54. The maximum Gasteiger partial charge on any atom is 0.213 e. The molecule has 0 saturated carbocycles. The summed E-state index contributed by atoms with van der Waals surface area (Å²) in [5, 5.41) is 9.16. The molecule has 1 heterocycles. The van der Waals surface area contributed by atoms with Crippen LogP contribution in [0.3, 0.4) is 0 Å². The van der Waals surface area contributed by atoms with Crippen LogP contribution in [0.15, 0.2) is 30.3 Å². The highest BCUT2D eigenvalue weighted by molar-refractivity contribution is 5.64. The van der Waals surface area contributed by atoms with Crippen molar-refractivity contribution in [1.82, 2.24) is 4.98 Å². The van der Waals surface area contributed by atoms with Crippen molar-refractivity contribution >= 4 is 0 Å². The molecule has 0 atom stereocenters. The van der Waals surface area contributed by atoms with Gasteiger partial charge in [-0.1, -0.05) is 6.07 Å². The second-order valence-corrected chi connectivity index (χ2v) is 3.46. The molecule has 0 unspecified atom stereocenters. The van der Waals surface area contributed by atoms with Crippen molar-refractivity contribution < 1.29 is 13.9 Å². The van der Waals surface area contributed by atoms with E-state index in [9.17, 15) is 8.78 Å². The molecule has 0 spiro atoms. The van der Waals surface area contributed by atoms with Gasteiger partial charge < -0.3 is 5.11 Å². The number of pyridine rings is 1. The third kappa shape index (κ3) is 1.86. The minimum Gasteiger partial charge on any atom is -0.505 e. The first-order valence-electron chi connectivity index (χ1n) is 4.70. The lowest BCUT2D eigenvalue weighted by Gasteiger charge is -2.06. The Morgan fingerprint density at radius 1 is 1.19 bits per heavy atom. The molecule has 2 nitrogen and oxygen atoms in total. The largest absolute Gasteiger partial charge is 0.505 e. The third-order valence-corrected chi connectivity index (χ3v) is 2.28. The van der Waals surface area contributed by atoms with Crippen LogP contribution in [0.4, 0.5) is 8.78 Å². The molecule has 0 bridgehead atoms. The van der Waals surface area contributed by atoms with Gasteiger partial charge in [0.15, 0.2) is 11.6 Å². The van der Waals surface area contributed by atoms with Gasteiger partial charge >= 0.3 is 0 Å². The standard InChI is InChI=1S/C12H9F2NO/c1-7-5-11(16)9(13)6-8(7)10-3-2-4-12(14)15-10/h2-6,16H,1H3. The summed E-state index contributed by atoms with van der Waals surface area (Å²) in [4.78, 5) is 3.66. The van der Waals surface area contributed by atoms with Gasteiger partial charge in [-0.3, -0.25) is 0 Å². The lowest BCUT2D eigenvalue weighted by molar-refractivity contribution is 0.432. The van der Waals surface area contributed by atoms with Crippen molar-refractivity contribution in [2.75, 3.05) is 0 Å². The summed E-state index contributed by atoms with van der Waals surface area (Å²) in [6, 6.07) is 6.74. The molecule has 0 aliphatic carbocycles. The van der Waals surface area contributed by atoms with Crippen LogP contribution in [-0.4, -0.2) is 10.1 Å². The average Bonchev–Trinajstić information content (AvgIpc) is 2.23. The summed E-state index contributed by atoms with van der Waals surface area (Å²) >= 11 is 0. The fourth-order valence-corrected chi connectivity index (χ4v) is 1.50. The molecule has 4 heteroatoms. The van der Waals surface area contributed by atoms with Crippen LogP contribution < -0.4 is 0 Å². The molecule has 1 aromatic heterocycles. The fraction of sp³-hybridized carbons (Fsp3) is 0.0833. The molecule has 0 aliphatic rings. The molecule has 0 radical (unpaired) electrons. The van der Waals surface area contributed by atoms with Gasteiger partial charge in [0.2, 0.25) is 5.95 Å². The van der Waals surface area contributed by atoms with Crippen molar-refractivity contribution in [2.45, 2.75) is 6.92 Å². The van der Waals surface area contributed by atoms with Crippen LogP contribution >= 0.6 is 0 Å². The predicted molar refractivity (Wildman–Crippen MR) is 56.0 cm³/mol. The number of benzene rings is 1. The van der Waals surface area contributed by atoms with Crippen LogP contribution in [0.2, 0.25) is 0 Å². The highest BCUT2D eigenvalue weighted by Crippen LogP contribution is 2.27. The van der Waals surface area contributed by atoms with Gasteiger partial charge in [-0.15, -0.1) is 0 Å². The minimum absolute atomic E-state index is 0.344. The monoisotopic (exact) mass is 221 g/mol. The molecule has 0 amide bonds. The second kappa shape index (κ2) is 3.89. The third-order valence-electron chi connectivity index (χ3n) is 2.28. The molecule has 2 rings (SSSR count). The fourth-order valence-electron chi connectivity index (χ4n) is 1.50. The molecular formula is C12H9F2NO. The Hall–Kier alpha value is -1.97. The molecule has 0 fully saturated rings. The molecule has 0 aliphatic heterocycles. The van der Waals surface area contributed by atoms with E-state index in [1.165, 1.54) is 18.2 Å². The van der Waals surface area contributed by atoms with E-state index < -0.39 is 17.5 Å². The van der Waals surface area contributed by atoms with Crippen molar-refractivity contribution in [3.8, 4) is 17.0 Å². The SMILES string of the molecule is Cc1cc(O)c(F)cc1-c1cccc(F)n1. The first kappa shape index (κ1) is 10.5. The van der Waals surface area contributed by atoms with Crippen molar-refractivity contribution in [3.05, 3.63) is 47.7 Å². The number of nitrogens with zero attached hydrogens (tertiary/aromatic N) is 1. The van der Waals surface area contributed by atoms with E-state index >= 15 is 0 Å². The number of aromatic nitrogens is 1. The summed E-state index contributed by atoms with van der Waals surface area (Å²) in [6.45, 7) is 1.70. The number of aromatic hydroxyl groups is 1. The van der Waals surface area contributed by atoms with Crippen molar-refractivity contribution in [3.63, 3.8) is 0 Å². The number of aryl methyl sites for hydroxylation is 1. The minimum atomic E-state index is -0.744. The Morgan fingerprint density at radius 2 is 1.94 bits per heavy atom. The number of phenols is 1. The Kier molecular flexibility index (Phi) is 2.56. The van der Waals surface area contributed by atoms with Gasteiger partial charge in [0.1, 0.15) is 0 Å². The molecule has 16 heavy (non-hydrogen) atoms. The van der Waals surface area contributed by atoms with E-state index in [-0.39, 0.29) is 0 Å². The Labute approximate surface area is 91.2 Å². The van der Waals surface area contributed by atoms with E-state index in [4.69, 9.17) is 5.11 Å². The summed E-state index contributed by atoms with van der Waals surface area (Å²) in [7, 11) is 0. The zero-order chi connectivity index (χ0) is 11.7. The van der Waals surface area contributed by atoms with Crippen LogP contribution in [0, 0.1) is 18.7 Å². The molecule has 1 N–H and O–H groups in total. The Balaban J connectivity index is 2.60. The Bertz CT molecular complexity index is 541. The number of hydrogen-bond donors (Lipinski definition) is 1. The summed E-state index contributed by atoms with van der Waals surface area (Å²) in [5.41, 5.74) is 1.45. The van der Waals surface area contributed by atoms with Crippen LogP contribution in [0.5, 0.6) is 5.75 Å². The molecule has 1 aromatic carbocycles. The van der Waals surface area contributed by atoms with Gasteiger partial charge in [-0.05, 0) is 36.8 Å².